The molecule has 3 N–H and O–H groups in total. The monoisotopic (exact) mass is 373 g/mol. The molecule has 1 aliphatic heterocycles. The van der Waals surface area contributed by atoms with Crippen molar-refractivity contribution < 1.29 is 18.3 Å². The van der Waals surface area contributed by atoms with E-state index in [1.54, 1.807) is 48.5 Å². The summed E-state index contributed by atoms with van der Waals surface area (Å²) in [7, 11) is -3.39. The molecule has 7 nitrogen and oxygen atoms in total. The largest absolute Gasteiger partial charge is 0.508 e. The first-order chi connectivity index (χ1) is 12.2. The second kappa shape index (κ2) is 6.72. The Hall–Kier alpha value is -3.00. The summed E-state index contributed by atoms with van der Waals surface area (Å²) in [4.78, 5) is 12.0. The van der Waals surface area contributed by atoms with Gasteiger partial charge in [0.1, 0.15) is 11.8 Å². The van der Waals surface area contributed by atoms with E-state index in [-0.39, 0.29) is 11.7 Å². The predicted octanol–water partition coefficient (Wildman–Crippen LogP) is 2.21. The number of amides is 1. The molecular formula is C18H19N3O4S. The van der Waals surface area contributed by atoms with Crippen LogP contribution >= 0.6 is 0 Å². The molecule has 0 radical (unpaired) electrons. The number of hydrogen-bond acceptors (Lipinski definition) is 5. The summed E-state index contributed by atoms with van der Waals surface area (Å²) in [6.07, 6.45) is 2.90. The number of hydrogen-bond donors (Lipinski definition) is 3. The average Bonchev–Trinajstić information content (AvgIpc) is 2.99. The summed E-state index contributed by atoms with van der Waals surface area (Å²) in [5.41, 5.74) is 5.40. The maximum Gasteiger partial charge on any atom is 0.238 e. The molecule has 2 aromatic carbocycles. The molecule has 1 heterocycles. The lowest BCUT2D eigenvalue weighted by molar-refractivity contribution is -0.132. The van der Waals surface area contributed by atoms with Crippen molar-refractivity contribution in [3.63, 3.8) is 0 Å². The van der Waals surface area contributed by atoms with E-state index in [4.69, 9.17) is 0 Å². The Kier molecular flexibility index (Phi) is 4.60. The van der Waals surface area contributed by atoms with Crippen LogP contribution in [-0.4, -0.2) is 30.7 Å². The van der Waals surface area contributed by atoms with E-state index < -0.39 is 16.1 Å². The zero-order valence-corrected chi connectivity index (χ0v) is 15.1. The quantitative estimate of drug-likeness (QED) is 0.763. The number of phenols is 1. The number of anilines is 1. The molecule has 0 bridgehead atoms. The highest BCUT2D eigenvalue weighted by Gasteiger charge is 2.30. The van der Waals surface area contributed by atoms with Gasteiger partial charge < -0.3 is 5.11 Å². The van der Waals surface area contributed by atoms with Crippen LogP contribution in [0.4, 0.5) is 5.69 Å². The molecule has 0 unspecified atom stereocenters. The lowest BCUT2D eigenvalue weighted by Gasteiger charge is -2.24. The maximum atomic E-state index is 12.0. The van der Waals surface area contributed by atoms with Crippen LogP contribution in [0.25, 0.3) is 5.70 Å². The fraction of sp³-hybridized carbons (Fsp3) is 0.167. The third-order valence-electron chi connectivity index (χ3n) is 3.92. The van der Waals surface area contributed by atoms with E-state index in [1.165, 1.54) is 11.9 Å². The molecule has 8 heteroatoms. The van der Waals surface area contributed by atoms with Crippen molar-refractivity contribution in [2.45, 2.75) is 13.0 Å². The lowest BCUT2D eigenvalue weighted by atomic mass is 10.0. The van der Waals surface area contributed by atoms with Crippen LogP contribution in [-0.2, 0) is 14.8 Å². The molecule has 0 saturated heterocycles. The molecule has 0 aliphatic carbocycles. The Morgan fingerprint density at radius 3 is 2.58 bits per heavy atom. The molecule has 2 aromatic rings. The second-order valence-electron chi connectivity index (χ2n) is 6.04. The van der Waals surface area contributed by atoms with Crippen LogP contribution in [0.3, 0.4) is 0 Å². The van der Waals surface area contributed by atoms with Gasteiger partial charge in [-0.15, -0.1) is 0 Å². The molecule has 0 spiro atoms. The molecule has 1 amide bonds. The molecule has 3 rings (SSSR count). The Morgan fingerprint density at radius 2 is 1.92 bits per heavy atom. The van der Waals surface area contributed by atoms with Crippen LogP contribution in [0.5, 0.6) is 5.75 Å². The summed E-state index contributed by atoms with van der Waals surface area (Å²) < 4.78 is 25.3. The first-order valence-electron chi connectivity index (χ1n) is 7.89. The van der Waals surface area contributed by atoms with Gasteiger partial charge in [0, 0.05) is 23.7 Å². The van der Waals surface area contributed by atoms with E-state index >= 15 is 0 Å². The Morgan fingerprint density at radius 1 is 1.19 bits per heavy atom. The number of carbonyl (C=O) groups excluding carboxylic acids is 1. The third-order valence-corrected chi connectivity index (χ3v) is 4.52. The molecular weight excluding hydrogens is 354 g/mol. The molecule has 0 saturated carbocycles. The van der Waals surface area contributed by atoms with E-state index in [0.717, 1.165) is 6.26 Å². The van der Waals surface area contributed by atoms with Crippen molar-refractivity contribution in [1.82, 2.24) is 10.4 Å². The number of nitrogens with zero attached hydrogens (tertiary/aromatic N) is 1. The van der Waals surface area contributed by atoms with Gasteiger partial charge in [-0.3, -0.25) is 14.9 Å². The topological polar surface area (TPSA) is 98.7 Å². The lowest BCUT2D eigenvalue weighted by Crippen LogP contribution is -2.37. The number of phenolic OH excluding ortho intramolecular Hbond substituents is 1. The van der Waals surface area contributed by atoms with Gasteiger partial charge in [-0.1, -0.05) is 30.3 Å². The molecule has 0 fully saturated rings. The number of nitrogens with one attached hydrogen (secondary N) is 2. The molecule has 0 aromatic heterocycles. The minimum atomic E-state index is -3.39. The van der Waals surface area contributed by atoms with Crippen LogP contribution in [0.15, 0.2) is 54.6 Å². The first-order valence-corrected chi connectivity index (χ1v) is 9.78. The van der Waals surface area contributed by atoms with Gasteiger partial charge in [0.05, 0.1) is 12.0 Å². The summed E-state index contributed by atoms with van der Waals surface area (Å²) in [6.45, 7) is 1.43. The Labute approximate surface area is 152 Å². The number of sulfonamides is 1. The predicted molar refractivity (Wildman–Crippen MR) is 99.4 cm³/mol. The number of hydrazine groups is 1. The van der Waals surface area contributed by atoms with Gasteiger partial charge in [0.25, 0.3) is 0 Å². The van der Waals surface area contributed by atoms with Crippen molar-refractivity contribution in [3.05, 3.63) is 65.7 Å². The minimum Gasteiger partial charge on any atom is -0.508 e. The Bertz CT molecular complexity index is 985. The SMILES string of the molecule is CC(=O)N1NC(c2cccc(NS(C)(=O)=O)c2)=C[C@@H]1c1ccccc1O. The van der Waals surface area contributed by atoms with Crippen LogP contribution in [0.1, 0.15) is 24.1 Å². The number of para-hydroxylation sites is 1. The van der Waals surface area contributed by atoms with Gasteiger partial charge in [0.2, 0.25) is 15.9 Å². The smallest absolute Gasteiger partial charge is 0.238 e. The Balaban J connectivity index is 1.98. The van der Waals surface area contributed by atoms with E-state index in [2.05, 4.69) is 10.1 Å². The minimum absolute atomic E-state index is 0.0931. The number of rotatable bonds is 4. The summed E-state index contributed by atoms with van der Waals surface area (Å²) in [6, 6.07) is 13.2. The second-order valence-corrected chi connectivity index (χ2v) is 7.79. The number of benzene rings is 2. The highest BCUT2D eigenvalue weighted by atomic mass is 32.2. The van der Waals surface area contributed by atoms with E-state index in [0.29, 0.717) is 22.5 Å². The fourth-order valence-electron chi connectivity index (χ4n) is 2.84. The molecule has 136 valence electrons. The molecule has 1 aliphatic rings. The average molecular weight is 373 g/mol. The van der Waals surface area contributed by atoms with Gasteiger partial charge >= 0.3 is 0 Å². The van der Waals surface area contributed by atoms with Crippen LogP contribution in [0.2, 0.25) is 0 Å². The van der Waals surface area contributed by atoms with Crippen molar-refractivity contribution >= 4 is 27.3 Å². The fourth-order valence-corrected chi connectivity index (χ4v) is 3.39. The standard InChI is InChI=1S/C18H19N3O4S/c1-12(22)21-17(15-8-3-4-9-18(15)23)11-16(19-21)13-6-5-7-14(10-13)20-26(2,24)25/h3-11,17,19-20,23H,1-2H3/t17-/m1/s1. The highest BCUT2D eigenvalue weighted by Crippen LogP contribution is 2.35. The number of aromatic hydroxyl groups is 1. The highest BCUT2D eigenvalue weighted by molar-refractivity contribution is 7.92. The summed E-state index contributed by atoms with van der Waals surface area (Å²) >= 11 is 0. The van der Waals surface area contributed by atoms with Gasteiger partial charge in [0.15, 0.2) is 0 Å². The summed E-state index contributed by atoms with van der Waals surface area (Å²) in [5, 5.41) is 11.5. The third kappa shape index (κ3) is 3.80. The molecule has 1 atom stereocenters. The van der Waals surface area contributed by atoms with Crippen molar-refractivity contribution in [2.24, 2.45) is 0 Å². The summed E-state index contributed by atoms with van der Waals surface area (Å²) in [5.74, 6) is -0.120. The van der Waals surface area contributed by atoms with Gasteiger partial charge in [-0.05, 0) is 24.3 Å². The normalized spacial score (nSPS) is 16.8. The van der Waals surface area contributed by atoms with Crippen molar-refractivity contribution in [2.75, 3.05) is 11.0 Å². The van der Waals surface area contributed by atoms with Crippen LogP contribution < -0.4 is 10.1 Å². The van der Waals surface area contributed by atoms with Gasteiger partial charge in [-0.2, -0.15) is 0 Å². The van der Waals surface area contributed by atoms with Gasteiger partial charge in [-0.25, -0.2) is 13.4 Å². The van der Waals surface area contributed by atoms with E-state index in [1.807, 2.05) is 6.08 Å². The number of carbonyl (C=O) groups is 1. The first kappa shape index (κ1) is 17.8. The van der Waals surface area contributed by atoms with E-state index in [9.17, 15) is 18.3 Å². The zero-order valence-electron chi connectivity index (χ0n) is 14.3. The molecule has 26 heavy (non-hydrogen) atoms. The van der Waals surface area contributed by atoms with Crippen molar-refractivity contribution in [3.8, 4) is 5.75 Å². The maximum absolute atomic E-state index is 12.0. The van der Waals surface area contributed by atoms with Crippen molar-refractivity contribution in [1.29, 1.82) is 0 Å². The zero-order chi connectivity index (χ0) is 18.9. The van der Waals surface area contributed by atoms with Crippen LogP contribution in [0, 0.1) is 0 Å².